The van der Waals surface area contributed by atoms with E-state index in [0.29, 0.717) is 12.0 Å². The maximum Gasteiger partial charge on any atom is 0.0635 e. The molecule has 0 amide bonds. The van der Waals surface area contributed by atoms with E-state index >= 15 is 0 Å². The molecule has 0 aliphatic carbocycles. The zero-order chi connectivity index (χ0) is 14.7. The highest BCUT2D eigenvalue weighted by molar-refractivity contribution is 6.31. The lowest BCUT2D eigenvalue weighted by Gasteiger charge is -2.40. The molecule has 0 aromatic heterocycles. The van der Waals surface area contributed by atoms with Crippen molar-refractivity contribution in [3.63, 3.8) is 0 Å². The number of likely N-dealkylation sites (N-methyl/N-ethyl adjacent to an activating group) is 1. The van der Waals surface area contributed by atoms with Gasteiger partial charge in [0.2, 0.25) is 0 Å². The van der Waals surface area contributed by atoms with Crippen molar-refractivity contribution >= 4 is 17.3 Å². The van der Waals surface area contributed by atoms with Crippen molar-refractivity contribution in [3.05, 3.63) is 28.8 Å². The monoisotopic (exact) mass is 296 g/mol. The number of halogens is 1. The Labute approximate surface area is 127 Å². The molecule has 0 bridgehead atoms. The summed E-state index contributed by atoms with van der Waals surface area (Å²) in [5.74, 6) is 0.463. The first kappa shape index (κ1) is 15.6. The second-order valence-electron chi connectivity index (χ2n) is 5.90. The van der Waals surface area contributed by atoms with E-state index in [2.05, 4.69) is 48.9 Å². The fraction of sp³-hybridized carbons (Fsp3) is 0.625. The first-order valence-corrected chi connectivity index (χ1v) is 7.64. The Morgan fingerprint density at radius 2 is 2.10 bits per heavy atom. The standard InChI is InChI=1S/C16H25ClN2O/c1-12(2)15-6-5-13(9-16(15)17)19-8-7-18(3)14(10-19)11-20-4/h5-6,9,12,14H,7-8,10-11H2,1-4H3/t14-/m1/s1. The van der Waals surface area contributed by atoms with Crippen molar-refractivity contribution in [3.8, 4) is 0 Å². The second-order valence-corrected chi connectivity index (χ2v) is 6.30. The molecule has 2 rings (SSSR count). The zero-order valence-corrected chi connectivity index (χ0v) is 13.7. The molecule has 1 aromatic rings. The summed E-state index contributed by atoms with van der Waals surface area (Å²) in [4.78, 5) is 4.77. The van der Waals surface area contributed by atoms with E-state index in [9.17, 15) is 0 Å². The van der Waals surface area contributed by atoms with Gasteiger partial charge in [-0.25, -0.2) is 0 Å². The van der Waals surface area contributed by atoms with Gasteiger partial charge in [-0.3, -0.25) is 4.90 Å². The largest absolute Gasteiger partial charge is 0.383 e. The van der Waals surface area contributed by atoms with Crippen LogP contribution in [0.5, 0.6) is 0 Å². The lowest BCUT2D eigenvalue weighted by molar-refractivity contribution is 0.0987. The number of ether oxygens (including phenoxy) is 1. The lowest BCUT2D eigenvalue weighted by atomic mass is 10.0. The van der Waals surface area contributed by atoms with Crippen molar-refractivity contribution in [2.24, 2.45) is 0 Å². The Balaban J connectivity index is 2.13. The number of anilines is 1. The van der Waals surface area contributed by atoms with Crippen LogP contribution in [0.1, 0.15) is 25.3 Å². The van der Waals surface area contributed by atoms with E-state index < -0.39 is 0 Å². The summed E-state index contributed by atoms with van der Waals surface area (Å²) < 4.78 is 5.32. The molecule has 0 radical (unpaired) electrons. The molecule has 20 heavy (non-hydrogen) atoms. The molecule has 1 aliphatic rings. The molecule has 3 nitrogen and oxygen atoms in total. The number of methoxy groups -OCH3 is 1. The van der Waals surface area contributed by atoms with E-state index in [-0.39, 0.29) is 0 Å². The zero-order valence-electron chi connectivity index (χ0n) is 12.9. The van der Waals surface area contributed by atoms with Crippen molar-refractivity contribution in [2.75, 3.05) is 45.3 Å². The summed E-state index contributed by atoms with van der Waals surface area (Å²) in [6, 6.07) is 6.89. The topological polar surface area (TPSA) is 15.7 Å². The van der Waals surface area contributed by atoms with Crippen molar-refractivity contribution < 1.29 is 4.74 Å². The van der Waals surface area contributed by atoms with Crippen LogP contribution in [-0.4, -0.2) is 51.3 Å². The Kier molecular flexibility index (Phi) is 5.30. The van der Waals surface area contributed by atoms with Gasteiger partial charge >= 0.3 is 0 Å². The van der Waals surface area contributed by atoms with Crippen LogP contribution in [-0.2, 0) is 4.74 Å². The van der Waals surface area contributed by atoms with Crippen LogP contribution in [0.2, 0.25) is 5.02 Å². The van der Waals surface area contributed by atoms with Gasteiger partial charge in [-0.1, -0.05) is 31.5 Å². The van der Waals surface area contributed by atoms with Gasteiger partial charge in [0, 0.05) is 37.5 Å². The molecule has 0 saturated carbocycles. The molecule has 1 saturated heterocycles. The predicted octanol–water partition coefficient (Wildman–Crippen LogP) is 3.23. The molecule has 1 aliphatic heterocycles. The van der Waals surface area contributed by atoms with E-state index in [4.69, 9.17) is 16.3 Å². The molecular weight excluding hydrogens is 272 g/mol. The molecule has 1 heterocycles. The van der Waals surface area contributed by atoms with Gasteiger partial charge < -0.3 is 9.64 Å². The van der Waals surface area contributed by atoms with Gasteiger partial charge in [0.25, 0.3) is 0 Å². The van der Waals surface area contributed by atoms with E-state index in [1.54, 1.807) is 7.11 Å². The first-order chi connectivity index (χ1) is 9.52. The molecule has 1 aromatic carbocycles. The molecule has 0 N–H and O–H groups in total. The Bertz CT molecular complexity index is 450. The minimum atomic E-state index is 0.442. The van der Waals surface area contributed by atoms with Crippen LogP contribution in [0.15, 0.2) is 18.2 Å². The maximum absolute atomic E-state index is 6.41. The number of benzene rings is 1. The van der Waals surface area contributed by atoms with Gasteiger partial charge in [0.15, 0.2) is 0 Å². The highest BCUT2D eigenvalue weighted by Gasteiger charge is 2.24. The molecule has 112 valence electrons. The van der Waals surface area contributed by atoms with Crippen LogP contribution in [0.3, 0.4) is 0 Å². The third-order valence-corrected chi connectivity index (χ3v) is 4.43. The molecule has 0 unspecified atom stereocenters. The van der Waals surface area contributed by atoms with E-state index in [1.807, 2.05) is 0 Å². The molecule has 1 atom stereocenters. The summed E-state index contributed by atoms with van der Waals surface area (Å²) in [7, 11) is 3.93. The van der Waals surface area contributed by atoms with Gasteiger partial charge in [-0.2, -0.15) is 0 Å². The third kappa shape index (κ3) is 3.46. The minimum absolute atomic E-state index is 0.442. The maximum atomic E-state index is 6.41. The second kappa shape index (κ2) is 6.79. The first-order valence-electron chi connectivity index (χ1n) is 7.26. The average Bonchev–Trinajstić information content (AvgIpc) is 2.41. The van der Waals surface area contributed by atoms with Gasteiger partial charge in [-0.15, -0.1) is 0 Å². The third-order valence-electron chi connectivity index (χ3n) is 4.11. The number of nitrogens with zero attached hydrogens (tertiary/aromatic N) is 2. The van der Waals surface area contributed by atoms with Crippen LogP contribution >= 0.6 is 11.6 Å². The van der Waals surface area contributed by atoms with Crippen molar-refractivity contribution in [1.29, 1.82) is 0 Å². The summed E-state index contributed by atoms with van der Waals surface area (Å²) in [5, 5.41) is 0.875. The average molecular weight is 297 g/mol. The molecular formula is C16H25ClN2O. The Morgan fingerprint density at radius 1 is 1.35 bits per heavy atom. The molecule has 0 spiro atoms. The van der Waals surface area contributed by atoms with E-state index in [1.165, 1.54) is 11.3 Å². The van der Waals surface area contributed by atoms with Gasteiger partial charge in [0.05, 0.1) is 12.6 Å². The van der Waals surface area contributed by atoms with Crippen molar-refractivity contribution in [1.82, 2.24) is 4.90 Å². The smallest absolute Gasteiger partial charge is 0.0635 e. The Morgan fingerprint density at radius 3 is 2.70 bits per heavy atom. The number of piperazine rings is 1. The normalized spacial score (nSPS) is 20.7. The fourth-order valence-corrected chi connectivity index (χ4v) is 3.13. The van der Waals surface area contributed by atoms with Crippen LogP contribution < -0.4 is 4.90 Å². The van der Waals surface area contributed by atoms with Crippen LogP contribution in [0.4, 0.5) is 5.69 Å². The number of hydrogen-bond acceptors (Lipinski definition) is 3. The summed E-state index contributed by atoms with van der Waals surface area (Å²) in [5.41, 5.74) is 2.44. The summed E-state index contributed by atoms with van der Waals surface area (Å²) in [6.07, 6.45) is 0. The summed E-state index contributed by atoms with van der Waals surface area (Å²) >= 11 is 6.41. The summed E-state index contributed by atoms with van der Waals surface area (Å²) in [6.45, 7) is 8.19. The van der Waals surface area contributed by atoms with Gasteiger partial charge in [0.1, 0.15) is 0 Å². The predicted molar refractivity (Wildman–Crippen MR) is 86.0 cm³/mol. The minimum Gasteiger partial charge on any atom is -0.383 e. The number of rotatable bonds is 4. The Hall–Kier alpha value is -0.770. The highest BCUT2D eigenvalue weighted by atomic mass is 35.5. The van der Waals surface area contributed by atoms with Crippen LogP contribution in [0, 0.1) is 0 Å². The van der Waals surface area contributed by atoms with E-state index in [0.717, 1.165) is 31.3 Å². The molecule has 4 heteroatoms. The van der Waals surface area contributed by atoms with Crippen molar-refractivity contribution in [2.45, 2.75) is 25.8 Å². The SMILES string of the molecule is COC[C@H]1CN(c2ccc(C(C)C)c(Cl)c2)CCN1C. The quantitative estimate of drug-likeness (QED) is 0.848. The van der Waals surface area contributed by atoms with Gasteiger partial charge in [-0.05, 0) is 30.7 Å². The fourth-order valence-electron chi connectivity index (χ4n) is 2.73. The highest BCUT2D eigenvalue weighted by Crippen LogP contribution is 2.29. The lowest BCUT2D eigenvalue weighted by Crippen LogP contribution is -2.53. The van der Waals surface area contributed by atoms with Crippen LogP contribution in [0.25, 0.3) is 0 Å². The molecule has 1 fully saturated rings. The number of hydrogen-bond donors (Lipinski definition) is 0.